The quantitative estimate of drug-likeness (QED) is 0.802. The van der Waals surface area contributed by atoms with E-state index in [2.05, 4.69) is 10.4 Å². The van der Waals surface area contributed by atoms with Gasteiger partial charge < -0.3 is 15.3 Å². The Morgan fingerprint density at radius 2 is 2.03 bits per heavy atom. The molecule has 2 heterocycles. The van der Waals surface area contributed by atoms with Crippen LogP contribution in [0.5, 0.6) is 0 Å². The van der Waals surface area contributed by atoms with Crippen LogP contribution in [0.25, 0.3) is 0 Å². The minimum Gasteiger partial charge on any atom is -0.391 e. The van der Waals surface area contributed by atoms with E-state index in [1.165, 1.54) is 0 Å². The van der Waals surface area contributed by atoms with Gasteiger partial charge in [-0.2, -0.15) is 5.10 Å². The van der Waals surface area contributed by atoms with E-state index < -0.39 is 6.10 Å². The first-order chi connectivity index (χ1) is 14.0. The van der Waals surface area contributed by atoms with Crippen molar-refractivity contribution in [3.05, 3.63) is 47.2 Å². The molecule has 1 saturated carbocycles. The van der Waals surface area contributed by atoms with Gasteiger partial charge in [0.1, 0.15) is 0 Å². The number of aliphatic hydroxyl groups excluding tert-OH is 1. The van der Waals surface area contributed by atoms with Crippen molar-refractivity contribution in [2.75, 3.05) is 18.4 Å². The summed E-state index contributed by atoms with van der Waals surface area (Å²) < 4.78 is 1.82. The van der Waals surface area contributed by atoms with Gasteiger partial charge in [0.2, 0.25) is 5.91 Å². The van der Waals surface area contributed by atoms with Gasteiger partial charge in [0.05, 0.1) is 23.4 Å². The number of carbonyl (C=O) groups is 2. The zero-order valence-electron chi connectivity index (χ0n) is 16.3. The van der Waals surface area contributed by atoms with Crippen LogP contribution in [0, 0.1) is 11.8 Å². The monoisotopic (exact) mass is 416 g/mol. The second-order valence-electron chi connectivity index (χ2n) is 7.91. The number of aromatic nitrogens is 2. The lowest BCUT2D eigenvalue weighted by molar-refractivity contribution is -0.115. The van der Waals surface area contributed by atoms with Crippen LogP contribution in [-0.2, 0) is 4.79 Å². The molecule has 4 rings (SSSR count). The molecular weight excluding hydrogens is 392 g/mol. The number of nitrogens with one attached hydrogen (secondary N) is 1. The molecule has 0 radical (unpaired) electrons. The lowest BCUT2D eigenvalue weighted by Gasteiger charge is -2.35. The molecule has 1 aromatic carbocycles. The summed E-state index contributed by atoms with van der Waals surface area (Å²) in [5.41, 5.74) is 0.887. The van der Waals surface area contributed by atoms with Gasteiger partial charge >= 0.3 is 0 Å². The van der Waals surface area contributed by atoms with E-state index in [4.69, 9.17) is 11.6 Å². The van der Waals surface area contributed by atoms with E-state index in [0.717, 1.165) is 6.42 Å². The van der Waals surface area contributed by atoms with Gasteiger partial charge in [-0.25, -0.2) is 0 Å². The molecule has 7 nitrogen and oxygen atoms in total. The van der Waals surface area contributed by atoms with E-state index >= 15 is 0 Å². The fourth-order valence-corrected chi connectivity index (χ4v) is 4.72. The summed E-state index contributed by atoms with van der Waals surface area (Å²) in [5.74, 6) is 0.300. The van der Waals surface area contributed by atoms with E-state index in [0.29, 0.717) is 48.1 Å². The van der Waals surface area contributed by atoms with Crippen LogP contribution in [0.15, 0.2) is 36.7 Å². The summed E-state index contributed by atoms with van der Waals surface area (Å²) in [6.45, 7) is 3.00. The first-order valence-electron chi connectivity index (χ1n) is 10.0. The van der Waals surface area contributed by atoms with Crippen LogP contribution in [-0.4, -0.2) is 50.8 Å². The average molecular weight is 417 g/mol. The highest BCUT2D eigenvalue weighted by atomic mass is 35.5. The van der Waals surface area contributed by atoms with Crippen LogP contribution >= 0.6 is 11.6 Å². The number of hydrogen-bond acceptors (Lipinski definition) is 4. The molecule has 8 heteroatoms. The van der Waals surface area contributed by atoms with Crippen LogP contribution in [0.3, 0.4) is 0 Å². The smallest absolute Gasteiger partial charge is 0.255 e. The number of anilines is 1. The molecule has 1 saturated heterocycles. The maximum atomic E-state index is 13.2. The summed E-state index contributed by atoms with van der Waals surface area (Å²) in [5, 5.41) is 18.1. The zero-order valence-corrected chi connectivity index (χ0v) is 17.0. The highest BCUT2D eigenvalue weighted by molar-refractivity contribution is 6.31. The molecule has 154 valence electrons. The minimum atomic E-state index is -0.471. The molecule has 1 aliphatic carbocycles. The number of amides is 2. The van der Waals surface area contributed by atoms with Crippen LogP contribution in [0.2, 0.25) is 5.02 Å². The number of benzene rings is 1. The summed E-state index contributed by atoms with van der Waals surface area (Å²) in [7, 11) is 0. The molecule has 2 aliphatic rings. The van der Waals surface area contributed by atoms with Gasteiger partial charge in [-0.15, -0.1) is 0 Å². The second-order valence-corrected chi connectivity index (χ2v) is 8.35. The molecule has 0 unspecified atom stereocenters. The van der Waals surface area contributed by atoms with Gasteiger partial charge in [-0.05, 0) is 48.9 Å². The van der Waals surface area contributed by atoms with Gasteiger partial charge in [0.15, 0.2) is 0 Å². The number of nitrogens with zero attached hydrogens (tertiary/aromatic N) is 3. The molecule has 1 aliphatic heterocycles. The number of rotatable bonds is 4. The van der Waals surface area contributed by atoms with Crippen molar-refractivity contribution in [2.24, 2.45) is 11.8 Å². The summed E-state index contributed by atoms with van der Waals surface area (Å²) >= 11 is 6.08. The maximum absolute atomic E-state index is 13.2. The van der Waals surface area contributed by atoms with E-state index in [9.17, 15) is 14.7 Å². The Morgan fingerprint density at radius 3 is 2.72 bits per heavy atom. The van der Waals surface area contributed by atoms with Crippen LogP contribution in [0.1, 0.15) is 42.6 Å². The number of hydrogen-bond donors (Lipinski definition) is 2. The molecule has 2 amide bonds. The highest BCUT2D eigenvalue weighted by Crippen LogP contribution is 2.41. The summed E-state index contributed by atoms with van der Waals surface area (Å²) in [6.07, 6.45) is 4.89. The predicted molar refractivity (Wildman–Crippen MR) is 110 cm³/mol. The van der Waals surface area contributed by atoms with Crippen molar-refractivity contribution in [1.82, 2.24) is 14.7 Å². The fourth-order valence-electron chi connectivity index (χ4n) is 4.55. The molecule has 1 aromatic heterocycles. The molecule has 0 bridgehead atoms. The zero-order chi connectivity index (χ0) is 20.5. The number of carbonyl (C=O) groups excluding carboxylic acids is 2. The average Bonchev–Trinajstić information content (AvgIpc) is 3.36. The van der Waals surface area contributed by atoms with Crippen LogP contribution in [0.4, 0.5) is 5.69 Å². The van der Waals surface area contributed by atoms with Crippen molar-refractivity contribution in [3.63, 3.8) is 0 Å². The minimum absolute atomic E-state index is 0.0590. The topological polar surface area (TPSA) is 87.5 Å². The second kappa shape index (κ2) is 8.16. The Kier molecular flexibility index (Phi) is 5.61. The molecule has 4 atom stereocenters. The van der Waals surface area contributed by atoms with E-state index in [1.807, 2.05) is 21.8 Å². The highest BCUT2D eigenvalue weighted by Gasteiger charge is 2.44. The van der Waals surface area contributed by atoms with Gasteiger partial charge in [-0.1, -0.05) is 18.5 Å². The maximum Gasteiger partial charge on any atom is 0.255 e. The van der Waals surface area contributed by atoms with Crippen molar-refractivity contribution < 1.29 is 14.7 Å². The van der Waals surface area contributed by atoms with Crippen molar-refractivity contribution >= 4 is 29.1 Å². The van der Waals surface area contributed by atoms with Gasteiger partial charge in [0.25, 0.3) is 5.91 Å². The largest absolute Gasteiger partial charge is 0.391 e. The summed E-state index contributed by atoms with van der Waals surface area (Å²) in [6, 6.07) is 6.74. The Hall–Kier alpha value is -2.38. The van der Waals surface area contributed by atoms with Crippen molar-refractivity contribution in [2.45, 2.75) is 38.3 Å². The molecular formula is C21H25ClN4O3. The Labute approximate surface area is 174 Å². The number of likely N-dealkylation sites (tertiary alicyclic amines) is 1. The standard InChI is InChI=1S/C21H25ClN4O3/c1-2-20(28)24-17-10-15(22)4-5-16(17)21(29)25-11-13-8-18(26-7-3-6-23-26)19(27)9-14(13)12-25/h3-7,10,13-14,18-19,27H,2,8-9,11-12H2,1H3,(H,24,28)/t13-,14+,18-,19-/m1/s1. The van der Waals surface area contributed by atoms with E-state index in [1.54, 1.807) is 31.3 Å². The van der Waals surface area contributed by atoms with E-state index in [-0.39, 0.29) is 23.8 Å². The fraction of sp³-hybridized carbons (Fsp3) is 0.476. The third-order valence-electron chi connectivity index (χ3n) is 6.07. The SMILES string of the molecule is CCC(=O)Nc1cc(Cl)ccc1C(=O)N1C[C@H]2C[C@@H](n3cccn3)[C@H](O)C[C@H]2C1. The Balaban J connectivity index is 1.51. The number of fused-ring (bicyclic) bond motifs is 1. The predicted octanol–water partition coefficient (Wildman–Crippen LogP) is 2.97. The van der Waals surface area contributed by atoms with Crippen molar-refractivity contribution in [1.29, 1.82) is 0 Å². The van der Waals surface area contributed by atoms with Crippen LogP contribution < -0.4 is 5.32 Å². The molecule has 2 fully saturated rings. The normalized spacial score (nSPS) is 26.2. The number of halogens is 1. The van der Waals surface area contributed by atoms with Gasteiger partial charge in [-0.3, -0.25) is 14.3 Å². The Morgan fingerprint density at radius 1 is 1.28 bits per heavy atom. The lowest BCUT2D eigenvalue weighted by Crippen LogP contribution is -2.36. The first-order valence-corrected chi connectivity index (χ1v) is 10.4. The Bertz CT molecular complexity index is 901. The van der Waals surface area contributed by atoms with Gasteiger partial charge in [0, 0.05) is 36.9 Å². The molecule has 2 N–H and O–H groups in total. The molecule has 29 heavy (non-hydrogen) atoms. The summed E-state index contributed by atoms with van der Waals surface area (Å²) in [4.78, 5) is 26.9. The lowest BCUT2D eigenvalue weighted by atomic mass is 9.77. The molecule has 2 aromatic rings. The number of aliphatic hydroxyl groups is 1. The van der Waals surface area contributed by atoms with Crippen molar-refractivity contribution in [3.8, 4) is 0 Å². The molecule has 0 spiro atoms. The third kappa shape index (κ3) is 4.02. The first kappa shape index (κ1) is 19.9. The third-order valence-corrected chi connectivity index (χ3v) is 6.30.